The van der Waals surface area contributed by atoms with Crippen molar-refractivity contribution in [3.05, 3.63) is 79.5 Å². The standard InChI is InChI=1S/C35H45BOS3/c1-10-12-14-28-20-30(34(38-28)35-31(40(9)37)21-29(39-35)15-13-11-2)36(32-24(5)16-22(3)17-25(32)6)33-26(7)18-23(4)19-27(33)8/h16-21H,10-15H2,1-9H3/t40-/m0/s1. The molecule has 40 heavy (non-hydrogen) atoms. The summed E-state index contributed by atoms with van der Waals surface area (Å²) in [5.74, 6) is 0. The molecule has 0 spiro atoms. The minimum absolute atomic E-state index is 0.127. The van der Waals surface area contributed by atoms with Gasteiger partial charge in [-0.3, -0.25) is 4.21 Å². The van der Waals surface area contributed by atoms with Crippen molar-refractivity contribution in [1.29, 1.82) is 0 Å². The smallest absolute Gasteiger partial charge is 0.244 e. The van der Waals surface area contributed by atoms with E-state index in [2.05, 4.69) is 91.8 Å². The highest BCUT2D eigenvalue weighted by Crippen LogP contribution is 2.39. The van der Waals surface area contributed by atoms with Crippen LogP contribution in [0.25, 0.3) is 9.75 Å². The molecule has 1 nitrogen and oxygen atoms in total. The van der Waals surface area contributed by atoms with Gasteiger partial charge in [0.05, 0.1) is 20.6 Å². The van der Waals surface area contributed by atoms with Gasteiger partial charge in [0.25, 0.3) is 0 Å². The SMILES string of the molecule is CCCCc1cc(B(c2c(C)cc(C)cc2C)c2c(C)cc(C)cc2C)c(-c2sc(CCCC)cc2[S@](C)=O)s1. The molecule has 2 aromatic carbocycles. The Morgan fingerprint density at radius 3 is 1.50 bits per heavy atom. The van der Waals surface area contributed by atoms with Crippen LogP contribution in [0.15, 0.2) is 41.3 Å². The summed E-state index contributed by atoms with van der Waals surface area (Å²) in [5.41, 5.74) is 12.3. The Labute approximate surface area is 254 Å². The van der Waals surface area contributed by atoms with Crippen LogP contribution in [0.4, 0.5) is 0 Å². The van der Waals surface area contributed by atoms with E-state index >= 15 is 0 Å². The molecule has 0 unspecified atom stereocenters. The first-order valence-corrected chi connectivity index (χ1v) is 18.0. The van der Waals surface area contributed by atoms with Crippen molar-refractivity contribution in [3.8, 4) is 9.75 Å². The predicted molar refractivity (Wildman–Crippen MR) is 183 cm³/mol. The average molecular weight is 589 g/mol. The van der Waals surface area contributed by atoms with E-state index in [1.54, 1.807) is 0 Å². The average Bonchev–Trinajstić information content (AvgIpc) is 3.48. The third kappa shape index (κ3) is 6.58. The van der Waals surface area contributed by atoms with E-state index in [0.717, 1.165) is 17.7 Å². The van der Waals surface area contributed by atoms with Crippen LogP contribution in [-0.4, -0.2) is 17.2 Å². The molecule has 4 aromatic rings. The summed E-state index contributed by atoms with van der Waals surface area (Å²) in [6.07, 6.45) is 8.71. The van der Waals surface area contributed by atoms with Crippen molar-refractivity contribution in [2.24, 2.45) is 0 Å². The minimum atomic E-state index is -1.04. The van der Waals surface area contributed by atoms with E-state index in [0.29, 0.717) is 0 Å². The van der Waals surface area contributed by atoms with Gasteiger partial charge in [-0.15, -0.1) is 22.7 Å². The monoisotopic (exact) mass is 588 g/mol. The first-order valence-electron chi connectivity index (χ1n) is 14.8. The lowest BCUT2D eigenvalue weighted by Crippen LogP contribution is -2.56. The third-order valence-electron chi connectivity index (χ3n) is 7.99. The maximum Gasteiger partial charge on any atom is 0.244 e. The fraction of sp³-hybridized carbons (Fsp3) is 0.429. The molecule has 0 saturated carbocycles. The van der Waals surface area contributed by atoms with Gasteiger partial charge in [-0.2, -0.15) is 0 Å². The Morgan fingerprint density at radius 1 is 0.650 bits per heavy atom. The minimum Gasteiger partial charge on any atom is -0.255 e. The van der Waals surface area contributed by atoms with E-state index in [4.69, 9.17) is 0 Å². The van der Waals surface area contributed by atoms with Crippen molar-refractivity contribution in [3.63, 3.8) is 0 Å². The van der Waals surface area contributed by atoms with E-state index < -0.39 is 10.8 Å². The number of hydrogen-bond acceptors (Lipinski definition) is 3. The molecule has 0 aliphatic carbocycles. The topological polar surface area (TPSA) is 17.1 Å². The van der Waals surface area contributed by atoms with Gasteiger partial charge in [-0.05, 0) is 78.8 Å². The van der Waals surface area contributed by atoms with Crippen LogP contribution in [0.5, 0.6) is 0 Å². The Balaban J connectivity index is 2.08. The summed E-state index contributed by atoms with van der Waals surface area (Å²) in [4.78, 5) is 6.36. The van der Waals surface area contributed by atoms with Crippen molar-refractivity contribution >= 4 is 56.6 Å². The predicted octanol–water partition coefficient (Wildman–Crippen LogP) is 8.27. The van der Waals surface area contributed by atoms with Gasteiger partial charge in [-0.25, -0.2) is 0 Å². The largest absolute Gasteiger partial charge is 0.255 e. The van der Waals surface area contributed by atoms with Gasteiger partial charge in [0.1, 0.15) is 0 Å². The van der Waals surface area contributed by atoms with Crippen LogP contribution < -0.4 is 16.4 Å². The highest BCUT2D eigenvalue weighted by Gasteiger charge is 2.33. The molecule has 0 fully saturated rings. The molecule has 2 heterocycles. The summed E-state index contributed by atoms with van der Waals surface area (Å²) in [6, 6.07) is 14.1. The first-order chi connectivity index (χ1) is 19.0. The van der Waals surface area contributed by atoms with E-state index in [1.807, 2.05) is 28.9 Å². The number of aryl methyl sites for hydroxylation is 8. The van der Waals surface area contributed by atoms with Crippen molar-refractivity contribution < 1.29 is 4.21 Å². The molecular weight excluding hydrogens is 543 g/mol. The Kier molecular flexibility index (Phi) is 10.4. The third-order valence-corrected chi connectivity index (χ3v) is 11.6. The second-order valence-electron chi connectivity index (χ2n) is 11.6. The van der Waals surface area contributed by atoms with Crippen molar-refractivity contribution in [2.75, 3.05) is 6.26 Å². The van der Waals surface area contributed by atoms with Crippen LogP contribution in [0, 0.1) is 41.5 Å². The molecule has 212 valence electrons. The fourth-order valence-corrected chi connectivity index (χ4v) is 10.1. The number of rotatable bonds is 11. The molecule has 4 rings (SSSR count). The summed E-state index contributed by atoms with van der Waals surface area (Å²) >= 11 is 3.82. The van der Waals surface area contributed by atoms with Gasteiger partial charge in [0.15, 0.2) is 0 Å². The molecule has 0 aliphatic rings. The zero-order valence-corrected chi connectivity index (χ0v) is 28.4. The van der Waals surface area contributed by atoms with Gasteiger partial charge in [-0.1, -0.05) is 101 Å². The molecule has 5 heteroatoms. The molecule has 0 aliphatic heterocycles. The lowest BCUT2D eigenvalue weighted by molar-refractivity contribution is 0.687. The van der Waals surface area contributed by atoms with E-state index in [9.17, 15) is 4.21 Å². The molecule has 2 aromatic heterocycles. The Hall–Kier alpha value is -1.95. The first kappa shape index (κ1) is 31.0. The molecule has 0 N–H and O–H groups in total. The van der Waals surface area contributed by atoms with Gasteiger partial charge < -0.3 is 0 Å². The van der Waals surface area contributed by atoms with Gasteiger partial charge in [0, 0.05) is 20.9 Å². The van der Waals surface area contributed by atoms with Gasteiger partial charge >= 0.3 is 0 Å². The highest BCUT2D eigenvalue weighted by atomic mass is 32.2. The normalized spacial score (nSPS) is 12.2. The highest BCUT2D eigenvalue weighted by molar-refractivity contribution is 7.84. The lowest BCUT2D eigenvalue weighted by atomic mass is 9.34. The summed E-state index contributed by atoms with van der Waals surface area (Å²) < 4.78 is 13.1. The zero-order chi connectivity index (χ0) is 29.1. The molecule has 0 bridgehead atoms. The number of unbranched alkanes of at least 4 members (excludes halogenated alkanes) is 2. The van der Waals surface area contributed by atoms with Crippen LogP contribution >= 0.6 is 22.7 Å². The van der Waals surface area contributed by atoms with Crippen molar-refractivity contribution in [1.82, 2.24) is 0 Å². The maximum atomic E-state index is 13.1. The Morgan fingerprint density at radius 2 is 1.07 bits per heavy atom. The van der Waals surface area contributed by atoms with E-state index in [-0.39, 0.29) is 6.71 Å². The van der Waals surface area contributed by atoms with Crippen LogP contribution in [0.2, 0.25) is 0 Å². The second kappa shape index (κ2) is 13.4. The Bertz CT molecular complexity index is 1420. The summed E-state index contributed by atoms with van der Waals surface area (Å²) in [5, 5.41) is 0. The van der Waals surface area contributed by atoms with Crippen LogP contribution in [0.1, 0.15) is 82.7 Å². The summed E-state index contributed by atoms with van der Waals surface area (Å²) in [6.45, 7) is 18.2. The van der Waals surface area contributed by atoms with Gasteiger partial charge in [0.2, 0.25) is 6.71 Å². The fourth-order valence-electron chi connectivity index (χ4n) is 6.34. The summed E-state index contributed by atoms with van der Waals surface area (Å²) in [7, 11) is -1.04. The molecule has 0 saturated heterocycles. The molecular formula is C35H45BOS3. The van der Waals surface area contributed by atoms with Crippen LogP contribution in [-0.2, 0) is 23.6 Å². The van der Waals surface area contributed by atoms with E-state index in [1.165, 1.54) is 95.0 Å². The number of hydrogen-bond donors (Lipinski definition) is 0. The second-order valence-corrected chi connectivity index (χ2v) is 15.2. The maximum absolute atomic E-state index is 13.1. The lowest BCUT2D eigenvalue weighted by Gasteiger charge is -2.25. The van der Waals surface area contributed by atoms with Crippen molar-refractivity contribution in [2.45, 2.75) is 98.8 Å². The molecule has 1 atom stereocenters. The quantitative estimate of drug-likeness (QED) is 0.161. The van der Waals surface area contributed by atoms with Crippen LogP contribution in [0.3, 0.4) is 0 Å². The number of benzene rings is 2. The molecule has 0 radical (unpaired) electrons. The zero-order valence-electron chi connectivity index (χ0n) is 25.9. The number of thiophene rings is 2. The molecule has 0 amide bonds.